The second kappa shape index (κ2) is 8.17. The lowest BCUT2D eigenvalue weighted by atomic mass is 9.80. The minimum absolute atomic E-state index is 0.0413. The van der Waals surface area contributed by atoms with Crippen molar-refractivity contribution in [3.05, 3.63) is 71.8 Å². The van der Waals surface area contributed by atoms with Crippen LogP contribution in [0.25, 0.3) is 10.9 Å². The minimum Gasteiger partial charge on any atom is -0.481 e. The zero-order valence-corrected chi connectivity index (χ0v) is 17.2. The van der Waals surface area contributed by atoms with Gasteiger partial charge in [0.15, 0.2) is 5.78 Å². The summed E-state index contributed by atoms with van der Waals surface area (Å²) >= 11 is 0. The first kappa shape index (κ1) is 19.2. The van der Waals surface area contributed by atoms with Crippen LogP contribution in [0.4, 0.5) is 0 Å². The molecular weight excluding hydrogens is 376 g/mol. The molecule has 2 unspecified atom stereocenters. The Morgan fingerprint density at radius 1 is 1.07 bits per heavy atom. The van der Waals surface area contributed by atoms with E-state index in [4.69, 9.17) is 9.47 Å². The summed E-state index contributed by atoms with van der Waals surface area (Å²) in [7, 11) is 1.61. The molecule has 30 heavy (non-hydrogen) atoms. The monoisotopic (exact) mass is 402 g/mol. The number of hydrogen-bond donors (Lipinski definition) is 0. The molecule has 2 fully saturated rings. The summed E-state index contributed by atoms with van der Waals surface area (Å²) in [4.78, 5) is 20.3. The largest absolute Gasteiger partial charge is 0.481 e. The van der Waals surface area contributed by atoms with Gasteiger partial charge in [0.1, 0.15) is 0 Å². The van der Waals surface area contributed by atoms with Gasteiger partial charge in [0.25, 0.3) is 0 Å². The van der Waals surface area contributed by atoms with Gasteiger partial charge in [0.05, 0.1) is 25.8 Å². The van der Waals surface area contributed by atoms with Gasteiger partial charge in [-0.25, -0.2) is 4.98 Å². The van der Waals surface area contributed by atoms with Crippen LogP contribution in [0.15, 0.2) is 60.7 Å². The summed E-state index contributed by atoms with van der Waals surface area (Å²) in [5.74, 6) is 0.865. The first-order valence-electron chi connectivity index (χ1n) is 10.6. The molecule has 0 amide bonds. The van der Waals surface area contributed by atoms with E-state index in [1.165, 1.54) is 5.56 Å². The number of fused-ring (bicyclic) bond motifs is 3. The molecule has 2 saturated heterocycles. The van der Waals surface area contributed by atoms with Crippen LogP contribution in [0.2, 0.25) is 0 Å². The van der Waals surface area contributed by atoms with Crippen LogP contribution in [-0.2, 0) is 11.3 Å². The molecule has 2 bridgehead atoms. The molecule has 5 rings (SSSR count). The normalized spacial score (nSPS) is 24.0. The molecule has 5 nitrogen and oxygen atoms in total. The molecule has 0 saturated carbocycles. The highest BCUT2D eigenvalue weighted by Crippen LogP contribution is 2.35. The Bertz CT molecular complexity index is 1040. The summed E-state index contributed by atoms with van der Waals surface area (Å²) in [5.41, 5.74) is 2.93. The minimum atomic E-state index is 0.0413. The smallest absolute Gasteiger partial charge is 0.213 e. The molecule has 0 spiro atoms. The van der Waals surface area contributed by atoms with Gasteiger partial charge in [-0.1, -0.05) is 30.3 Å². The van der Waals surface area contributed by atoms with Crippen molar-refractivity contribution in [3.8, 4) is 5.88 Å². The molecule has 1 aromatic heterocycles. The standard InChI is InChI=1S/C25H26N2O3/c1-29-24-10-8-18-11-19(7-9-23(18)26-24)25(28)20-12-21-15-30-16-22(13-20)27(21)14-17-5-3-2-4-6-17/h2-11,20-22H,12-16H2,1H3. The highest BCUT2D eigenvalue weighted by molar-refractivity contribution is 6.01. The summed E-state index contributed by atoms with van der Waals surface area (Å²) in [6.45, 7) is 2.33. The molecule has 2 aliphatic rings. The number of carbonyl (C=O) groups is 1. The van der Waals surface area contributed by atoms with E-state index in [1.807, 2.05) is 36.4 Å². The maximum Gasteiger partial charge on any atom is 0.213 e. The fourth-order valence-corrected chi connectivity index (χ4v) is 4.87. The van der Waals surface area contributed by atoms with Crippen molar-refractivity contribution in [1.29, 1.82) is 0 Å². The Morgan fingerprint density at radius 3 is 2.57 bits per heavy atom. The topological polar surface area (TPSA) is 51.7 Å². The number of ketones is 1. The predicted octanol–water partition coefficient (Wildman–Crippen LogP) is 4.11. The lowest BCUT2D eigenvalue weighted by molar-refractivity contribution is -0.0872. The summed E-state index contributed by atoms with van der Waals surface area (Å²) < 4.78 is 11.0. The number of piperidine rings is 1. The van der Waals surface area contributed by atoms with E-state index in [2.05, 4.69) is 34.1 Å². The fourth-order valence-electron chi connectivity index (χ4n) is 4.87. The zero-order chi connectivity index (χ0) is 20.5. The van der Waals surface area contributed by atoms with Crippen LogP contribution in [0.1, 0.15) is 28.8 Å². The van der Waals surface area contributed by atoms with E-state index in [1.54, 1.807) is 7.11 Å². The van der Waals surface area contributed by atoms with Gasteiger partial charge in [-0.3, -0.25) is 9.69 Å². The maximum atomic E-state index is 13.4. The molecule has 0 N–H and O–H groups in total. The van der Waals surface area contributed by atoms with Crippen molar-refractivity contribution in [1.82, 2.24) is 9.88 Å². The number of aromatic nitrogens is 1. The van der Waals surface area contributed by atoms with Crippen molar-refractivity contribution in [2.45, 2.75) is 31.5 Å². The van der Waals surface area contributed by atoms with Crippen LogP contribution in [-0.4, -0.2) is 48.1 Å². The zero-order valence-electron chi connectivity index (χ0n) is 17.2. The lowest BCUT2D eigenvalue weighted by Crippen LogP contribution is -2.57. The Balaban J connectivity index is 1.34. The number of carbonyl (C=O) groups excluding carboxylic acids is 1. The van der Waals surface area contributed by atoms with Gasteiger partial charge in [-0.2, -0.15) is 0 Å². The second-order valence-corrected chi connectivity index (χ2v) is 8.30. The van der Waals surface area contributed by atoms with Crippen LogP contribution in [0.3, 0.4) is 0 Å². The van der Waals surface area contributed by atoms with Gasteiger partial charge in [-0.15, -0.1) is 0 Å². The highest BCUT2D eigenvalue weighted by atomic mass is 16.5. The molecular formula is C25H26N2O3. The lowest BCUT2D eigenvalue weighted by Gasteiger charge is -2.48. The van der Waals surface area contributed by atoms with Gasteiger partial charge >= 0.3 is 0 Å². The molecule has 0 radical (unpaired) electrons. The van der Waals surface area contributed by atoms with E-state index in [-0.39, 0.29) is 23.8 Å². The molecule has 0 aliphatic carbocycles. The number of rotatable bonds is 5. The van der Waals surface area contributed by atoms with Crippen LogP contribution >= 0.6 is 0 Å². The molecule has 2 aliphatic heterocycles. The number of pyridine rings is 1. The van der Waals surface area contributed by atoms with E-state index < -0.39 is 0 Å². The molecule has 3 heterocycles. The number of nitrogens with zero attached hydrogens (tertiary/aromatic N) is 2. The third-order valence-electron chi connectivity index (χ3n) is 6.41. The number of morpholine rings is 1. The van der Waals surface area contributed by atoms with E-state index in [0.717, 1.165) is 35.9 Å². The second-order valence-electron chi connectivity index (χ2n) is 8.30. The van der Waals surface area contributed by atoms with Crippen LogP contribution in [0, 0.1) is 5.92 Å². The average Bonchev–Trinajstić information content (AvgIpc) is 2.78. The third-order valence-corrected chi connectivity index (χ3v) is 6.41. The fraction of sp³-hybridized carbons (Fsp3) is 0.360. The number of ether oxygens (including phenoxy) is 2. The van der Waals surface area contributed by atoms with Crippen LogP contribution < -0.4 is 4.74 Å². The molecule has 5 heteroatoms. The number of hydrogen-bond acceptors (Lipinski definition) is 5. The van der Waals surface area contributed by atoms with Crippen molar-refractivity contribution in [3.63, 3.8) is 0 Å². The third kappa shape index (κ3) is 3.71. The number of benzene rings is 2. The number of methoxy groups -OCH3 is 1. The first-order valence-corrected chi connectivity index (χ1v) is 10.6. The maximum absolute atomic E-state index is 13.4. The average molecular weight is 402 g/mol. The predicted molar refractivity (Wildman–Crippen MR) is 116 cm³/mol. The summed E-state index contributed by atoms with van der Waals surface area (Å²) in [6, 6.07) is 20.7. The number of Topliss-reactive ketones (excluding diaryl/α,β-unsaturated/α-hetero) is 1. The quantitative estimate of drug-likeness (QED) is 0.601. The van der Waals surface area contributed by atoms with E-state index in [0.29, 0.717) is 19.1 Å². The van der Waals surface area contributed by atoms with E-state index >= 15 is 0 Å². The van der Waals surface area contributed by atoms with Crippen molar-refractivity contribution < 1.29 is 14.3 Å². The van der Waals surface area contributed by atoms with Crippen LogP contribution in [0.5, 0.6) is 5.88 Å². The molecule has 3 aromatic rings. The first-order chi connectivity index (χ1) is 14.7. The van der Waals surface area contributed by atoms with Gasteiger partial charge in [-0.05, 0) is 42.7 Å². The van der Waals surface area contributed by atoms with Crippen molar-refractivity contribution >= 4 is 16.7 Å². The molecule has 2 aromatic carbocycles. The molecule has 154 valence electrons. The van der Waals surface area contributed by atoms with Crippen molar-refractivity contribution in [2.24, 2.45) is 5.92 Å². The Kier molecular flexibility index (Phi) is 5.23. The Morgan fingerprint density at radius 2 is 1.83 bits per heavy atom. The highest BCUT2D eigenvalue weighted by Gasteiger charge is 2.41. The van der Waals surface area contributed by atoms with E-state index in [9.17, 15) is 4.79 Å². The summed E-state index contributed by atoms with van der Waals surface area (Å²) in [5, 5.41) is 0.965. The Labute approximate surface area is 176 Å². The van der Waals surface area contributed by atoms with Gasteiger partial charge in [0.2, 0.25) is 5.88 Å². The van der Waals surface area contributed by atoms with Gasteiger partial charge < -0.3 is 9.47 Å². The molecule has 2 atom stereocenters. The SMILES string of the molecule is COc1ccc2cc(C(=O)C3CC4COCC(C3)N4Cc3ccccc3)ccc2n1. The van der Waals surface area contributed by atoms with Crippen molar-refractivity contribution in [2.75, 3.05) is 20.3 Å². The Hall–Kier alpha value is -2.76. The van der Waals surface area contributed by atoms with Gasteiger partial charge in [0, 0.05) is 41.6 Å². The summed E-state index contributed by atoms with van der Waals surface area (Å²) in [6.07, 6.45) is 1.70.